The van der Waals surface area contributed by atoms with Gasteiger partial charge in [0.25, 0.3) is 15.8 Å². The van der Waals surface area contributed by atoms with Crippen molar-refractivity contribution >= 4 is 21.7 Å². The van der Waals surface area contributed by atoms with Gasteiger partial charge in [-0.25, -0.2) is 0 Å². The maximum Gasteiger partial charge on any atom is 0.405 e. The van der Waals surface area contributed by atoms with E-state index in [1.165, 1.54) is 18.2 Å². The van der Waals surface area contributed by atoms with E-state index in [9.17, 15) is 36.5 Å². The summed E-state index contributed by atoms with van der Waals surface area (Å²) < 4.78 is 66.3. The van der Waals surface area contributed by atoms with Crippen molar-refractivity contribution in [3.05, 3.63) is 69.3 Å². The molecule has 0 heterocycles. The molecule has 8 nitrogen and oxygen atoms in total. The van der Waals surface area contributed by atoms with Gasteiger partial charge in [-0.05, 0) is 30.2 Å². The number of aryl methyl sites for hydroxylation is 1. The van der Waals surface area contributed by atoms with Crippen LogP contribution in [-0.2, 0) is 32.1 Å². The molecular formula is C18H17F3N2O6S. The molecule has 0 aliphatic carbocycles. The average molecular weight is 446 g/mol. The molecule has 2 aromatic carbocycles. The van der Waals surface area contributed by atoms with Crippen LogP contribution in [0.1, 0.15) is 16.7 Å². The van der Waals surface area contributed by atoms with E-state index in [1.54, 1.807) is 24.4 Å². The summed E-state index contributed by atoms with van der Waals surface area (Å²) in [5.74, 6) is -0.983. The number of non-ortho nitro benzene ring substituents is 1. The maximum atomic E-state index is 12.3. The number of nitrogens with zero attached hydrogens (tertiary/aromatic N) is 1. The van der Waals surface area contributed by atoms with Gasteiger partial charge in [-0.15, -0.1) is 0 Å². The molecule has 0 aliphatic heterocycles. The monoisotopic (exact) mass is 446 g/mol. The zero-order valence-electron chi connectivity index (χ0n) is 15.6. The highest BCUT2D eigenvalue weighted by molar-refractivity contribution is 7.86. The third kappa shape index (κ3) is 6.81. The highest BCUT2D eigenvalue weighted by Gasteiger charge is 2.28. The molecule has 0 fully saturated rings. The number of nitro groups is 1. The van der Waals surface area contributed by atoms with Crippen LogP contribution in [-0.4, -0.2) is 32.0 Å². The first-order valence-corrected chi connectivity index (χ1v) is 9.84. The summed E-state index contributed by atoms with van der Waals surface area (Å²) in [5.41, 5.74) is 0.516. The van der Waals surface area contributed by atoms with Crippen molar-refractivity contribution in [2.45, 2.75) is 31.0 Å². The van der Waals surface area contributed by atoms with Crippen molar-refractivity contribution in [2.24, 2.45) is 0 Å². The summed E-state index contributed by atoms with van der Waals surface area (Å²) in [6, 6.07) is 9.00. The number of carbonyl (C=O) groups is 1. The van der Waals surface area contributed by atoms with Crippen molar-refractivity contribution in [1.82, 2.24) is 5.32 Å². The molecule has 1 amide bonds. The van der Waals surface area contributed by atoms with Gasteiger partial charge in [-0.2, -0.15) is 21.6 Å². The number of carbonyl (C=O) groups excluding carboxylic acids is 1. The Morgan fingerprint density at radius 1 is 1.13 bits per heavy atom. The zero-order valence-corrected chi connectivity index (χ0v) is 16.4. The average Bonchev–Trinajstić information content (AvgIpc) is 2.65. The fourth-order valence-electron chi connectivity index (χ4n) is 2.38. The van der Waals surface area contributed by atoms with Gasteiger partial charge in [0.15, 0.2) is 0 Å². The molecule has 0 unspecified atom stereocenters. The number of amides is 1. The van der Waals surface area contributed by atoms with Gasteiger partial charge in [-0.1, -0.05) is 23.8 Å². The summed E-state index contributed by atoms with van der Waals surface area (Å²) >= 11 is 0. The normalized spacial score (nSPS) is 11.9. The summed E-state index contributed by atoms with van der Waals surface area (Å²) in [4.78, 5) is 21.9. The number of nitro benzene ring substituents is 1. The Balaban J connectivity index is 2.21. The minimum Gasteiger partial charge on any atom is -0.347 e. The minimum atomic E-state index is -4.60. The fourth-order valence-corrected chi connectivity index (χ4v) is 3.27. The Hall–Kier alpha value is -2.99. The number of benzene rings is 2. The predicted molar refractivity (Wildman–Crippen MR) is 99.0 cm³/mol. The molecule has 0 saturated heterocycles. The summed E-state index contributed by atoms with van der Waals surface area (Å²) in [5, 5.41) is 12.7. The molecule has 0 aliphatic rings. The molecule has 0 saturated carbocycles. The molecule has 162 valence electrons. The molecule has 2 rings (SSSR count). The molecule has 0 atom stereocenters. The van der Waals surface area contributed by atoms with Crippen LogP contribution in [0.4, 0.5) is 18.9 Å². The van der Waals surface area contributed by atoms with Gasteiger partial charge in [0.05, 0.1) is 22.8 Å². The topological polar surface area (TPSA) is 116 Å². The number of nitrogens with one attached hydrogen (secondary N) is 1. The van der Waals surface area contributed by atoms with Crippen molar-refractivity contribution in [3.8, 4) is 0 Å². The van der Waals surface area contributed by atoms with Gasteiger partial charge in [0.2, 0.25) is 5.91 Å². The third-order valence-electron chi connectivity index (χ3n) is 3.92. The lowest BCUT2D eigenvalue weighted by Gasteiger charge is -2.12. The SMILES string of the molecule is Cc1ccc(S(=O)(=O)OCc2cc([N+](=O)[O-])ccc2CC(=O)NCC(F)(F)F)cc1. The highest BCUT2D eigenvalue weighted by Crippen LogP contribution is 2.22. The quantitative estimate of drug-likeness (QED) is 0.379. The highest BCUT2D eigenvalue weighted by atomic mass is 32.2. The largest absolute Gasteiger partial charge is 0.405 e. The van der Waals surface area contributed by atoms with Crippen LogP contribution in [0, 0.1) is 17.0 Å². The van der Waals surface area contributed by atoms with Crippen LogP contribution in [0.3, 0.4) is 0 Å². The molecule has 1 N–H and O–H groups in total. The van der Waals surface area contributed by atoms with Crippen molar-refractivity contribution in [2.75, 3.05) is 6.54 Å². The third-order valence-corrected chi connectivity index (χ3v) is 5.19. The first kappa shape index (κ1) is 23.3. The van der Waals surface area contributed by atoms with Crippen LogP contribution in [0.5, 0.6) is 0 Å². The van der Waals surface area contributed by atoms with Gasteiger partial charge in [0, 0.05) is 12.1 Å². The van der Waals surface area contributed by atoms with E-state index in [4.69, 9.17) is 4.18 Å². The molecule has 30 heavy (non-hydrogen) atoms. The Bertz CT molecular complexity index is 1040. The van der Waals surface area contributed by atoms with E-state index in [0.717, 1.165) is 17.7 Å². The first-order valence-electron chi connectivity index (χ1n) is 8.43. The van der Waals surface area contributed by atoms with E-state index < -0.39 is 46.7 Å². The Morgan fingerprint density at radius 3 is 2.33 bits per heavy atom. The summed E-state index contributed by atoms with van der Waals surface area (Å²) in [7, 11) is -4.20. The van der Waals surface area contributed by atoms with Crippen LogP contribution in [0.2, 0.25) is 0 Å². The van der Waals surface area contributed by atoms with Crippen LogP contribution in [0.25, 0.3) is 0 Å². The lowest BCUT2D eigenvalue weighted by molar-refractivity contribution is -0.385. The van der Waals surface area contributed by atoms with Gasteiger partial charge >= 0.3 is 6.18 Å². The smallest absolute Gasteiger partial charge is 0.347 e. The van der Waals surface area contributed by atoms with Gasteiger partial charge in [0.1, 0.15) is 6.54 Å². The minimum absolute atomic E-state index is 0.0120. The van der Waals surface area contributed by atoms with Crippen LogP contribution < -0.4 is 5.32 Å². The lowest BCUT2D eigenvalue weighted by atomic mass is 10.0. The molecule has 0 aromatic heterocycles. The maximum absolute atomic E-state index is 12.3. The van der Waals surface area contributed by atoms with Crippen LogP contribution >= 0.6 is 0 Å². The second-order valence-electron chi connectivity index (χ2n) is 6.31. The molecular weight excluding hydrogens is 429 g/mol. The van der Waals surface area contributed by atoms with Crippen LogP contribution in [0.15, 0.2) is 47.4 Å². The second-order valence-corrected chi connectivity index (χ2v) is 7.92. The van der Waals surface area contributed by atoms with Gasteiger partial charge in [-0.3, -0.25) is 19.1 Å². The number of alkyl halides is 3. The Morgan fingerprint density at radius 2 is 1.77 bits per heavy atom. The predicted octanol–water partition coefficient (Wildman–Crippen LogP) is 3.03. The number of hydrogen-bond acceptors (Lipinski definition) is 6. The van der Waals surface area contributed by atoms with E-state index in [0.29, 0.717) is 0 Å². The first-order chi connectivity index (χ1) is 13.9. The lowest BCUT2D eigenvalue weighted by Crippen LogP contribution is -2.34. The summed E-state index contributed by atoms with van der Waals surface area (Å²) in [6.45, 7) is -0.414. The van der Waals surface area contributed by atoms with E-state index >= 15 is 0 Å². The molecule has 0 bridgehead atoms. The number of rotatable bonds is 8. The van der Waals surface area contributed by atoms with E-state index in [1.807, 2.05) is 0 Å². The van der Waals surface area contributed by atoms with Crippen molar-refractivity contribution in [3.63, 3.8) is 0 Å². The van der Waals surface area contributed by atoms with Crippen molar-refractivity contribution < 1.29 is 35.5 Å². The summed E-state index contributed by atoms with van der Waals surface area (Å²) in [6.07, 6.45) is -5.14. The van der Waals surface area contributed by atoms with Gasteiger partial charge < -0.3 is 5.32 Å². The molecule has 0 radical (unpaired) electrons. The van der Waals surface area contributed by atoms with Crippen molar-refractivity contribution in [1.29, 1.82) is 0 Å². The number of halogens is 3. The standard InChI is InChI=1S/C18H17F3N2O6S/c1-12-2-6-16(7-3-12)30(27,28)29-10-14-8-15(23(25)26)5-4-13(14)9-17(24)22-11-18(19,20)21/h2-8H,9-11H2,1H3,(H,22,24). The van der Waals surface area contributed by atoms with E-state index in [2.05, 4.69) is 0 Å². The molecule has 0 spiro atoms. The number of hydrogen-bond donors (Lipinski definition) is 1. The van der Waals surface area contributed by atoms with E-state index in [-0.39, 0.29) is 21.7 Å². The zero-order chi connectivity index (χ0) is 22.5. The molecule has 12 heteroatoms. The molecule has 2 aromatic rings. The second kappa shape index (κ2) is 9.22. The fraction of sp³-hybridized carbons (Fsp3) is 0.278. The Labute approximate surface area is 169 Å². The Kier molecular flexibility index (Phi) is 7.16.